The van der Waals surface area contributed by atoms with Crippen LogP contribution < -0.4 is 10.1 Å². The van der Waals surface area contributed by atoms with Gasteiger partial charge in [0.25, 0.3) is 0 Å². The Morgan fingerprint density at radius 3 is 2.56 bits per heavy atom. The highest BCUT2D eigenvalue weighted by Crippen LogP contribution is 2.29. The highest BCUT2D eigenvalue weighted by atomic mass is 79.9. The fourth-order valence-electron chi connectivity index (χ4n) is 0.936. The van der Waals surface area contributed by atoms with E-state index < -0.39 is 11.7 Å². The van der Waals surface area contributed by atoms with Crippen LogP contribution in [0.4, 0.5) is 10.6 Å². The maximum atomic E-state index is 11.4. The molecule has 0 aromatic carbocycles. The SMILES string of the molecule is COc1n[nH]c(NC(=O)OC(C)(C)C)c1Br. The number of carbonyl (C=O) groups is 1. The standard InChI is InChI=1S/C9H14BrN3O3/c1-9(2,3)16-8(14)11-6-5(10)7(15-4)13-12-6/h1-4H3,(H2,11,12,13,14). The van der Waals surface area contributed by atoms with Crippen LogP contribution in [0.3, 0.4) is 0 Å². The molecule has 1 aromatic heterocycles. The van der Waals surface area contributed by atoms with Crippen molar-refractivity contribution in [3.8, 4) is 5.88 Å². The summed E-state index contributed by atoms with van der Waals surface area (Å²) in [6, 6.07) is 0. The van der Waals surface area contributed by atoms with Gasteiger partial charge in [-0.2, -0.15) is 0 Å². The van der Waals surface area contributed by atoms with Gasteiger partial charge in [0, 0.05) is 0 Å². The second-order valence-electron chi connectivity index (χ2n) is 4.05. The van der Waals surface area contributed by atoms with E-state index >= 15 is 0 Å². The molecule has 1 rings (SSSR count). The second kappa shape index (κ2) is 4.73. The maximum Gasteiger partial charge on any atom is 0.413 e. The molecule has 0 aliphatic rings. The Morgan fingerprint density at radius 1 is 1.50 bits per heavy atom. The highest BCUT2D eigenvalue weighted by molar-refractivity contribution is 9.10. The molecule has 0 radical (unpaired) electrons. The number of nitrogens with zero attached hydrogens (tertiary/aromatic N) is 1. The molecule has 0 aliphatic carbocycles. The van der Waals surface area contributed by atoms with Crippen molar-refractivity contribution in [3.05, 3.63) is 4.47 Å². The fraction of sp³-hybridized carbons (Fsp3) is 0.556. The van der Waals surface area contributed by atoms with E-state index in [1.165, 1.54) is 7.11 Å². The molecule has 16 heavy (non-hydrogen) atoms. The van der Waals surface area contributed by atoms with Crippen LogP contribution in [0.2, 0.25) is 0 Å². The second-order valence-corrected chi connectivity index (χ2v) is 4.84. The van der Waals surface area contributed by atoms with E-state index in [0.717, 1.165) is 0 Å². The lowest BCUT2D eigenvalue weighted by molar-refractivity contribution is 0.0635. The topological polar surface area (TPSA) is 76.2 Å². The van der Waals surface area contributed by atoms with Gasteiger partial charge < -0.3 is 9.47 Å². The van der Waals surface area contributed by atoms with Gasteiger partial charge in [0.05, 0.1) is 7.11 Å². The molecule has 0 spiro atoms. The molecule has 2 N–H and O–H groups in total. The Balaban J connectivity index is 2.67. The number of anilines is 1. The third kappa shape index (κ3) is 3.41. The van der Waals surface area contributed by atoms with Crippen LogP contribution in [0.25, 0.3) is 0 Å². The minimum Gasteiger partial charge on any atom is -0.479 e. The van der Waals surface area contributed by atoms with E-state index in [0.29, 0.717) is 16.2 Å². The lowest BCUT2D eigenvalue weighted by Gasteiger charge is -2.19. The molecular weight excluding hydrogens is 278 g/mol. The monoisotopic (exact) mass is 291 g/mol. The van der Waals surface area contributed by atoms with Gasteiger partial charge in [0.2, 0.25) is 5.88 Å². The average Bonchev–Trinajstić information content (AvgIpc) is 2.44. The van der Waals surface area contributed by atoms with Crippen LogP contribution in [0.1, 0.15) is 20.8 Å². The van der Waals surface area contributed by atoms with E-state index in [4.69, 9.17) is 9.47 Å². The van der Waals surface area contributed by atoms with Gasteiger partial charge in [-0.05, 0) is 36.7 Å². The van der Waals surface area contributed by atoms with Gasteiger partial charge in [-0.1, -0.05) is 0 Å². The minimum absolute atomic E-state index is 0.367. The fourth-order valence-corrected chi connectivity index (χ4v) is 1.37. The first-order chi connectivity index (χ1) is 7.33. The van der Waals surface area contributed by atoms with Crippen molar-refractivity contribution >= 4 is 27.8 Å². The first-order valence-corrected chi connectivity index (χ1v) is 5.40. The molecule has 1 amide bonds. The average molecular weight is 292 g/mol. The number of hydrogen-bond acceptors (Lipinski definition) is 4. The lowest BCUT2D eigenvalue weighted by atomic mass is 10.2. The zero-order valence-corrected chi connectivity index (χ0v) is 11.1. The van der Waals surface area contributed by atoms with Crippen LogP contribution in [0, 0.1) is 0 Å². The Bertz CT molecular complexity index is 384. The van der Waals surface area contributed by atoms with Crippen molar-refractivity contribution < 1.29 is 14.3 Å². The van der Waals surface area contributed by atoms with Crippen molar-refractivity contribution in [2.75, 3.05) is 12.4 Å². The van der Waals surface area contributed by atoms with Crippen molar-refractivity contribution in [1.29, 1.82) is 0 Å². The molecule has 0 bridgehead atoms. The van der Waals surface area contributed by atoms with Gasteiger partial charge in [-0.25, -0.2) is 4.79 Å². The number of amides is 1. The summed E-state index contributed by atoms with van der Waals surface area (Å²) in [6.45, 7) is 5.36. The van der Waals surface area contributed by atoms with Crippen LogP contribution in [-0.2, 0) is 4.74 Å². The number of H-pyrrole nitrogens is 1. The quantitative estimate of drug-likeness (QED) is 0.878. The zero-order chi connectivity index (χ0) is 12.3. The summed E-state index contributed by atoms with van der Waals surface area (Å²) in [7, 11) is 1.48. The molecular formula is C9H14BrN3O3. The zero-order valence-electron chi connectivity index (χ0n) is 9.55. The van der Waals surface area contributed by atoms with Crippen molar-refractivity contribution in [2.45, 2.75) is 26.4 Å². The molecule has 6 nitrogen and oxygen atoms in total. The third-order valence-corrected chi connectivity index (χ3v) is 2.23. The Morgan fingerprint density at radius 2 is 2.12 bits per heavy atom. The van der Waals surface area contributed by atoms with Crippen LogP contribution >= 0.6 is 15.9 Å². The Hall–Kier alpha value is -1.24. The predicted octanol–water partition coefficient (Wildman–Crippen LogP) is 2.53. The van der Waals surface area contributed by atoms with Gasteiger partial charge in [-0.15, -0.1) is 5.10 Å². The maximum absolute atomic E-state index is 11.4. The number of aromatic amines is 1. The van der Waals surface area contributed by atoms with Gasteiger partial charge >= 0.3 is 6.09 Å². The highest BCUT2D eigenvalue weighted by Gasteiger charge is 2.19. The van der Waals surface area contributed by atoms with Crippen molar-refractivity contribution in [2.24, 2.45) is 0 Å². The van der Waals surface area contributed by atoms with Gasteiger partial charge in [0.15, 0.2) is 0 Å². The lowest BCUT2D eigenvalue weighted by Crippen LogP contribution is -2.27. The molecule has 0 atom stereocenters. The van der Waals surface area contributed by atoms with Crippen molar-refractivity contribution in [1.82, 2.24) is 10.2 Å². The molecule has 1 aromatic rings. The summed E-state index contributed by atoms with van der Waals surface area (Å²) >= 11 is 3.23. The normalized spacial score (nSPS) is 11.1. The molecule has 0 aliphatic heterocycles. The number of hydrogen-bond donors (Lipinski definition) is 2. The smallest absolute Gasteiger partial charge is 0.413 e. The number of nitrogens with one attached hydrogen (secondary N) is 2. The van der Waals surface area contributed by atoms with Gasteiger partial charge in [-0.3, -0.25) is 10.4 Å². The molecule has 1 heterocycles. The van der Waals surface area contributed by atoms with Crippen LogP contribution in [0.15, 0.2) is 4.47 Å². The summed E-state index contributed by atoms with van der Waals surface area (Å²) < 4.78 is 10.5. The summed E-state index contributed by atoms with van der Waals surface area (Å²) in [5, 5.41) is 8.94. The number of ether oxygens (including phenoxy) is 2. The molecule has 0 saturated carbocycles. The Kier molecular flexibility index (Phi) is 3.79. The molecule has 0 saturated heterocycles. The largest absolute Gasteiger partial charge is 0.479 e. The third-order valence-electron chi connectivity index (χ3n) is 1.50. The number of halogens is 1. The number of rotatable bonds is 2. The Labute approximate surface area is 102 Å². The van der Waals surface area contributed by atoms with E-state index in [1.807, 2.05) is 0 Å². The van der Waals surface area contributed by atoms with Crippen LogP contribution in [0.5, 0.6) is 5.88 Å². The first kappa shape index (κ1) is 12.8. The predicted molar refractivity (Wildman–Crippen MR) is 62.7 cm³/mol. The number of carbonyl (C=O) groups excluding carboxylic acids is 1. The minimum atomic E-state index is -0.556. The number of aromatic nitrogens is 2. The number of methoxy groups -OCH3 is 1. The molecule has 0 unspecified atom stereocenters. The van der Waals surface area contributed by atoms with E-state index in [-0.39, 0.29) is 0 Å². The van der Waals surface area contributed by atoms with Gasteiger partial charge in [0.1, 0.15) is 15.9 Å². The van der Waals surface area contributed by atoms with E-state index in [2.05, 4.69) is 31.4 Å². The summed E-state index contributed by atoms with van der Waals surface area (Å²) in [4.78, 5) is 11.4. The van der Waals surface area contributed by atoms with E-state index in [1.54, 1.807) is 20.8 Å². The summed E-state index contributed by atoms with van der Waals surface area (Å²) in [5.41, 5.74) is -0.541. The van der Waals surface area contributed by atoms with E-state index in [9.17, 15) is 4.79 Å². The van der Waals surface area contributed by atoms with Crippen LogP contribution in [-0.4, -0.2) is 29.0 Å². The molecule has 7 heteroatoms. The molecule has 90 valence electrons. The summed E-state index contributed by atoms with van der Waals surface area (Å²) in [6.07, 6.45) is -0.556. The summed E-state index contributed by atoms with van der Waals surface area (Å²) in [5.74, 6) is 0.761. The molecule has 0 fully saturated rings. The first-order valence-electron chi connectivity index (χ1n) is 4.61. The van der Waals surface area contributed by atoms with Crippen molar-refractivity contribution in [3.63, 3.8) is 0 Å².